The van der Waals surface area contributed by atoms with Gasteiger partial charge in [-0.1, -0.05) is 28.1 Å². The van der Waals surface area contributed by atoms with Crippen LogP contribution in [0.25, 0.3) is 11.3 Å². The van der Waals surface area contributed by atoms with Crippen LogP contribution in [0.15, 0.2) is 34.8 Å². The lowest BCUT2D eigenvalue weighted by atomic mass is 10.1. The van der Waals surface area contributed by atoms with Crippen LogP contribution in [0.1, 0.15) is 12.1 Å². The molecule has 3 nitrogen and oxygen atoms in total. The molecule has 1 aromatic carbocycles. The first-order valence-electron chi connectivity index (χ1n) is 6.14. The highest BCUT2D eigenvalue weighted by atomic mass is 79.9. The number of aryl methyl sites for hydroxylation is 2. The number of aromatic nitrogens is 2. The zero-order chi connectivity index (χ0) is 13.0. The molecule has 2 aromatic rings. The van der Waals surface area contributed by atoms with Gasteiger partial charge in [0, 0.05) is 22.8 Å². The van der Waals surface area contributed by atoms with Crippen molar-refractivity contribution >= 4 is 15.9 Å². The fourth-order valence-electron chi connectivity index (χ4n) is 1.95. The molecule has 0 aliphatic carbocycles. The predicted octanol–water partition coefficient (Wildman–Crippen LogP) is 3.00. The summed E-state index contributed by atoms with van der Waals surface area (Å²) < 4.78 is 3.07. The van der Waals surface area contributed by atoms with E-state index in [0.29, 0.717) is 0 Å². The van der Waals surface area contributed by atoms with Gasteiger partial charge in [0.05, 0.1) is 5.69 Å². The molecule has 2 rings (SSSR count). The van der Waals surface area contributed by atoms with Crippen LogP contribution in [-0.4, -0.2) is 23.4 Å². The summed E-state index contributed by atoms with van der Waals surface area (Å²) in [6.07, 6.45) is 2.19. The molecular weight excluding hydrogens is 290 g/mol. The molecule has 0 radical (unpaired) electrons. The van der Waals surface area contributed by atoms with Crippen LogP contribution < -0.4 is 5.32 Å². The maximum atomic E-state index is 4.57. The van der Waals surface area contributed by atoms with Crippen molar-refractivity contribution in [3.8, 4) is 11.3 Å². The monoisotopic (exact) mass is 307 g/mol. The lowest BCUT2D eigenvalue weighted by Gasteiger charge is -2.00. The lowest BCUT2D eigenvalue weighted by molar-refractivity contribution is 0.661. The smallest absolute Gasteiger partial charge is 0.0925 e. The van der Waals surface area contributed by atoms with E-state index >= 15 is 0 Å². The summed E-state index contributed by atoms with van der Waals surface area (Å²) in [4.78, 5) is 0. The van der Waals surface area contributed by atoms with Crippen LogP contribution >= 0.6 is 15.9 Å². The van der Waals surface area contributed by atoms with Crippen molar-refractivity contribution in [2.75, 3.05) is 13.6 Å². The molecule has 0 saturated heterocycles. The normalized spacial score (nSPS) is 10.8. The zero-order valence-corrected chi connectivity index (χ0v) is 12.4. The second-order valence-electron chi connectivity index (χ2n) is 4.36. The summed E-state index contributed by atoms with van der Waals surface area (Å²) in [6, 6.07) is 10.4. The van der Waals surface area contributed by atoms with Crippen LogP contribution in [-0.2, 0) is 13.5 Å². The number of nitrogens with zero attached hydrogens (tertiary/aromatic N) is 2. The summed E-state index contributed by atoms with van der Waals surface area (Å²) >= 11 is 3.45. The number of rotatable bonds is 5. The molecule has 18 heavy (non-hydrogen) atoms. The third-order valence-electron chi connectivity index (χ3n) is 2.98. The Labute approximate surface area is 116 Å². The third kappa shape index (κ3) is 3.21. The van der Waals surface area contributed by atoms with Crippen molar-refractivity contribution in [1.29, 1.82) is 0 Å². The van der Waals surface area contributed by atoms with Gasteiger partial charge in [-0.15, -0.1) is 0 Å². The Bertz CT molecular complexity index is 502. The predicted molar refractivity (Wildman–Crippen MR) is 78.6 cm³/mol. The molecule has 1 aromatic heterocycles. The Morgan fingerprint density at radius 1 is 1.28 bits per heavy atom. The van der Waals surface area contributed by atoms with E-state index in [4.69, 9.17) is 0 Å². The van der Waals surface area contributed by atoms with E-state index in [1.807, 2.05) is 30.9 Å². The maximum absolute atomic E-state index is 4.57. The minimum atomic E-state index is 1.04. The summed E-state index contributed by atoms with van der Waals surface area (Å²) in [5.74, 6) is 0. The third-order valence-corrected chi connectivity index (χ3v) is 3.51. The van der Waals surface area contributed by atoms with Gasteiger partial charge >= 0.3 is 0 Å². The first-order chi connectivity index (χ1) is 8.70. The Morgan fingerprint density at radius 2 is 2.00 bits per heavy atom. The molecule has 0 spiro atoms. The fraction of sp³-hybridized carbons (Fsp3) is 0.357. The molecule has 0 aliphatic heterocycles. The lowest BCUT2D eigenvalue weighted by Crippen LogP contribution is -2.09. The molecule has 0 unspecified atom stereocenters. The summed E-state index contributed by atoms with van der Waals surface area (Å²) in [7, 11) is 3.99. The molecule has 0 bridgehead atoms. The van der Waals surface area contributed by atoms with Gasteiger partial charge in [-0.25, -0.2) is 0 Å². The average molecular weight is 308 g/mol. The van der Waals surface area contributed by atoms with E-state index in [1.165, 1.54) is 5.69 Å². The van der Waals surface area contributed by atoms with Gasteiger partial charge in [0.25, 0.3) is 0 Å². The molecule has 0 amide bonds. The Kier molecular flexibility index (Phi) is 4.55. The van der Waals surface area contributed by atoms with Crippen LogP contribution in [0.4, 0.5) is 0 Å². The number of benzene rings is 1. The van der Waals surface area contributed by atoms with Crippen molar-refractivity contribution in [2.24, 2.45) is 7.05 Å². The average Bonchev–Trinajstić information content (AvgIpc) is 2.72. The number of halogens is 1. The van der Waals surface area contributed by atoms with E-state index in [2.05, 4.69) is 44.5 Å². The van der Waals surface area contributed by atoms with Gasteiger partial charge in [-0.3, -0.25) is 4.68 Å². The summed E-state index contributed by atoms with van der Waals surface area (Å²) in [6.45, 7) is 1.04. The second-order valence-corrected chi connectivity index (χ2v) is 5.27. The quantitative estimate of drug-likeness (QED) is 0.861. The van der Waals surface area contributed by atoms with Gasteiger partial charge in [0.1, 0.15) is 0 Å². The largest absolute Gasteiger partial charge is 0.320 e. The number of hydrogen-bond donors (Lipinski definition) is 1. The van der Waals surface area contributed by atoms with Crippen molar-refractivity contribution in [3.05, 3.63) is 40.5 Å². The molecule has 1 N–H and O–H groups in total. The SMILES string of the molecule is CNCCCc1cc(-c2ccc(Br)cc2)nn1C. The molecule has 96 valence electrons. The van der Waals surface area contributed by atoms with Gasteiger partial charge in [-0.2, -0.15) is 5.10 Å². The first kappa shape index (κ1) is 13.3. The van der Waals surface area contributed by atoms with Crippen LogP contribution in [0.2, 0.25) is 0 Å². The second kappa shape index (κ2) is 6.16. The van der Waals surface area contributed by atoms with E-state index in [9.17, 15) is 0 Å². The standard InChI is InChI=1S/C14H18BrN3/c1-16-9-3-4-13-10-14(17-18(13)2)11-5-7-12(15)8-6-11/h5-8,10,16H,3-4,9H2,1-2H3. The molecule has 4 heteroatoms. The molecule has 1 heterocycles. The minimum absolute atomic E-state index is 1.04. The van der Waals surface area contributed by atoms with E-state index in [1.54, 1.807) is 0 Å². The molecular formula is C14H18BrN3. The molecule has 0 saturated carbocycles. The highest BCUT2D eigenvalue weighted by Crippen LogP contribution is 2.21. The van der Waals surface area contributed by atoms with Crippen LogP contribution in [0, 0.1) is 0 Å². The summed E-state index contributed by atoms with van der Waals surface area (Å²) in [5, 5.41) is 7.74. The Morgan fingerprint density at radius 3 is 2.67 bits per heavy atom. The highest BCUT2D eigenvalue weighted by Gasteiger charge is 2.06. The Hall–Kier alpha value is -1.13. The molecule has 0 atom stereocenters. The van der Waals surface area contributed by atoms with Crippen molar-refractivity contribution in [1.82, 2.24) is 15.1 Å². The van der Waals surface area contributed by atoms with Crippen molar-refractivity contribution in [3.63, 3.8) is 0 Å². The minimum Gasteiger partial charge on any atom is -0.320 e. The van der Waals surface area contributed by atoms with Crippen LogP contribution in [0.5, 0.6) is 0 Å². The van der Waals surface area contributed by atoms with Crippen molar-refractivity contribution < 1.29 is 0 Å². The van der Waals surface area contributed by atoms with Crippen molar-refractivity contribution in [2.45, 2.75) is 12.8 Å². The van der Waals surface area contributed by atoms with Gasteiger partial charge in [0.15, 0.2) is 0 Å². The van der Waals surface area contributed by atoms with Gasteiger partial charge in [-0.05, 0) is 44.6 Å². The molecule has 0 fully saturated rings. The summed E-state index contributed by atoms with van der Waals surface area (Å²) in [5.41, 5.74) is 3.49. The number of nitrogens with one attached hydrogen (secondary N) is 1. The maximum Gasteiger partial charge on any atom is 0.0925 e. The zero-order valence-electron chi connectivity index (χ0n) is 10.8. The first-order valence-corrected chi connectivity index (χ1v) is 6.93. The van der Waals surface area contributed by atoms with E-state index in [-0.39, 0.29) is 0 Å². The van der Waals surface area contributed by atoms with Gasteiger partial charge in [0.2, 0.25) is 0 Å². The number of hydrogen-bond acceptors (Lipinski definition) is 2. The van der Waals surface area contributed by atoms with Gasteiger partial charge < -0.3 is 5.32 Å². The topological polar surface area (TPSA) is 29.9 Å². The molecule has 0 aliphatic rings. The Balaban J connectivity index is 2.15. The van der Waals surface area contributed by atoms with Crippen LogP contribution in [0.3, 0.4) is 0 Å². The fourth-order valence-corrected chi connectivity index (χ4v) is 2.21. The van der Waals surface area contributed by atoms with E-state index < -0.39 is 0 Å². The highest BCUT2D eigenvalue weighted by molar-refractivity contribution is 9.10. The van der Waals surface area contributed by atoms with E-state index in [0.717, 1.165) is 35.1 Å².